The molecule has 0 radical (unpaired) electrons. The van der Waals surface area contributed by atoms with E-state index in [0.29, 0.717) is 28.7 Å². The number of hydrogen-bond acceptors (Lipinski definition) is 6. The molecule has 2 heterocycles. The molecule has 5 rings (SSSR count). The van der Waals surface area contributed by atoms with Crippen LogP contribution < -0.4 is 10.1 Å². The van der Waals surface area contributed by atoms with Gasteiger partial charge in [-0.2, -0.15) is 10.1 Å². The number of aliphatic imine (C=N–C) groups is 1. The fourth-order valence-electron chi connectivity index (χ4n) is 4.13. The van der Waals surface area contributed by atoms with Crippen molar-refractivity contribution >= 4 is 40.1 Å². The summed E-state index contributed by atoms with van der Waals surface area (Å²) >= 11 is 1.16. The molecule has 2 atom stereocenters. The number of carbonyl (C=O) groups excluding carboxylic acids is 2. The van der Waals surface area contributed by atoms with Crippen molar-refractivity contribution in [1.29, 1.82) is 0 Å². The number of halogens is 2. The molecule has 0 saturated carbocycles. The first kappa shape index (κ1) is 24.6. The number of thioether (sulfide) groups is 1. The first-order chi connectivity index (χ1) is 17.9. The Bertz CT molecular complexity index is 1390. The van der Waals surface area contributed by atoms with Gasteiger partial charge in [-0.25, -0.2) is 13.8 Å². The molecular weight excluding hydrogens is 498 g/mol. The Hall–Kier alpha value is -4.05. The van der Waals surface area contributed by atoms with Crippen molar-refractivity contribution in [3.63, 3.8) is 0 Å². The molecule has 2 aliphatic rings. The van der Waals surface area contributed by atoms with Crippen molar-refractivity contribution in [3.05, 3.63) is 95.6 Å². The van der Waals surface area contributed by atoms with Gasteiger partial charge in [0, 0.05) is 24.6 Å². The molecule has 188 valence electrons. The number of carbonyl (C=O) groups is 2. The van der Waals surface area contributed by atoms with Gasteiger partial charge in [-0.15, -0.1) is 0 Å². The topological polar surface area (TPSA) is 83.4 Å². The molecule has 0 fully saturated rings. The van der Waals surface area contributed by atoms with Crippen LogP contribution in [0.2, 0.25) is 0 Å². The van der Waals surface area contributed by atoms with Gasteiger partial charge in [0.05, 0.1) is 18.9 Å². The van der Waals surface area contributed by atoms with Crippen molar-refractivity contribution in [2.45, 2.75) is 24.1 Å². The minimum Gasteiger partial charge on any atom is -0.497 e. The first-order valence-corrected chi connectivity index (χ1v) is 12.4. The lowest BCUT2D eigenvalue weighted by Gasteiger charge is -2.23. The Morgan fingerprint density at radius 3 is 2.49 bits per heavy atom. The predicted molar refractivity (Wildman–Crippen MR) is 139 cm³/mol. The fraction of sp³-hybridized carbons (Fsp3) is 0.185. The summed E-state index contributed by atoms with van der Waals surface area (Å²) in [4.78, 5) is 29.6. The van der Waals surface area contributed by atoms with Gasteiger partial charge >= 0.3 is 0 Å². The molecule has 3 aromatic carbocycles. The van der Waals surface area contributed by atoms with E-state index in [1.54, 1.807) is 53.5 Å². The van der Waals surface area contributed by atoms with E-state index in [-0.39, 0.29) is 30.0 Å². The molecule has 0 spiro atoms. The number of hydrazone groups is 1. The molecule has 7 nitrogen and oxygen atoms in total. The summed E-state index contributed by atoms with van der Waals surface area (Å²) in [6, 6.07) is 18.6. The highest BCUT2D eigenvalue weighted by Gasteiger charge is 2.39. The maximum atomic E-state index is 13.6. The van der Waals surface area contributed by atoms with E-state index in [0.717, 1.165) is 22.9 Å². The SMILES string of the molecule is COc1cccc(NC(=O)C[C@@H]2SC(N3N=C(c4ccc(F)cc4)C[C@@H]3c3ccc(F)cc3)=NC2=O)c1. The van der Waals surface area contributed by atoms with E-state index in [9.17, 15) is 18.4 Å². The van der Waals surface area contributed by atoms with Gasteiger partial charge < -0.3 is 10.1 Å². The zero-order valence-electron chi connectivity index (χ0n) is 19.7. The van der Waals surface area contributed by atoms with Crippen molar-refractivity contribution in [3.8, 4) is 5.75 Å². The van der Waals surface area contributed by atoms with Gasteiger partial charge in [0.15, 0.2) is 5.17 Å². The van der Waals surface area contributed by atoms with Crippen LogP contribution in [-0.2, 0) is 9.59 Å². The van der Waals surface area contributed by atoms with Crippen LogP contribution in [-0.4, -0.2) is 40.1 Å². The predicted octanol–water partition coefficient (Wildman–Crippen LogP) is 5.15. The Labute approximate surface area is 216 Å². The Morgan fingerprint density at radius 1 is 1.08 bits per heavy atom. The van der Waals surface area contributed by atoms with Crippen molar-refractivity contribution in [1.82, 2.24) is 5.01 Å². The van der Waals surface area contributed by atoms with Gasteiger partial charge in [-0.1, -0.05) is 42.1 Å². The van der Waals surface area contributed by atoms with E-state index in [2.05, 4.69) is 10.3 Å². The number of rotatable bonds is 6. The van der Waals surface area contributed by atoms with E-state index >= 15 is 0 Å². The molecule has 37 heavy (non-hydrogen) atoms. The standard InChI is InChI=1S/C27H22F2N4O3S/c1-36-21-4-2-3-20(13-21)30-25(34)15-24-26(35)31-27(37-24)33-23(17-7-11-19(29)12-8-17)14-22(32-33)16-5-9-18(28)10-6-16/h2-13,23-24H,14-15H2,1H3,(H,30,34)/t23-,24+/m1/s1. The molecule has 0 aromatic heterocycles. The summed E-state index contributed by atoms with van der Waals surface area (Å²) in [7, 11) is 1.54. The number of amides is 2. The number of ether oxygens (including phenoxy) is 1. The number of methoxy groups -OCH3 is 1. The average molecular weight is 521 g/mol. The molecule has 2 amide bonds. The number of amidine groups is 1. The maximum Gasteiger partial charge on any atom is 0.262 e. The summed E-state index contributed by atoms with van der Waals surface area (Å²) in [5.74, 6) is -0.874. The second-order valence-corrected chi connectivity index (χ2v) is 9.66. The molecule has 2 aliphatic heterocycles. The number of nitrogens with zero attached hydrogens (tertiary/aromatic N) is 3. The van der Waals surface area contributed by atoms with Crippen LogP contribution in [0.15, 0.2) is 82.9 Å². The van der Waals surface area contributed by atoms with Gasteiger partial charge in [-0.3, -0.25) is 9.59 Å². The normalized spacial score (nSPS) is 19.0. The molecule has 0 bridgehead atoms. The van der Waals surface area contributed by atoms with Gasteiger partial charge in [0.1, 0.15) is 22.6 Å². The summed E-state index contributed by atoms with van der Waals surface area (Å²) in [6.45, 7) is 0. The third-order valence-corrected chi connectivity index (χ3v) is 7.13. The van der Waals surface area contributed by atoms with E-state index in [4.69, 9.17) is 9.84 Å². The molecule has 0 saturated heterocycles. The molecule has 0 unspecified atom stereocenters. The maximum absolute atomic E-state index is 13.6. The van der Waals surface area contributed by atoms with Crippen LogP contribution in [0.3, 0.4) is 0 Å². The average Bonchev–Trinajstić information content (AvgIpc) is 3.49. The van der Waals surface area contributed by atoms with Crippen LogP contribution in [0.1, 0.15) is 30.0 Å². The van der Waals surface area contributed by atoms with Crippen LogP contribution in [0.25, 0.3) is 0 Å². The highest BCUT2D eigenvalue weighted by atomic mass is 32.2. The lowest BCUT2D eigenvalue weighted by molar-refractivity contribution is -0.121. The largest absolute Gasteiger partial charge is 0.497 e. The molecule has 1 N–H and O–H groups in total. The van der Waals surface area contributed by atoms with Crippen LogP contribution >= 0.6 is 11.8 Å². The Kier molecular flexibility index (Phi) is 7.00. The monoisotopic (exact) mass is 520 g/mol. The lowest BCUT2D eigenvalue weighted by Crippen LogP contribution is -2.25. The summed E-state index contributed by atoms with van der Waals surface area (Å²) in [5.41, 5.74) is 2.77. The number of benzene rings is 3. The molecule has 3 aromatic rings. The smallest absolute Gasteiger partial charge is 0.262 e. The Balaban J connectivity index is 1.34. The fourth-order valence-corrected chi connectivity index (χ4v) is 5.20. The van der Waals surface area contributed by atoms with Crippen molar-refractivity contribution in [2.24, 2.45) is 10.1 Å². The zero-order valence-corrected chi connectivity index (χ0v) is 20.5. The van der Waals surface area contributed by atoms with Gasteiger partial charge in [0.2, 0.25) is 5.91 Å². The second kappa shape index (κ2) is 10.5. The van der Waals surface area contributed by atoms with Crippen LogP contribution in [0.5, 0.6) is 5.75 Å². The van der Waals surface area contributed by atoms with Crippen molar-refractivity contribution in [2.75, 3.05) is 12.4 Å². The first-order valence-electron chi connectivity index (χ1n) is 11.5. The molecule has 0 aliphatic carbocycles. The minimum absolute atomic E-state index is 0.0721. The van der Waals surface area contributed by atoms with E-state index in [1.807, 2.05) is 0 Å². The van der Waals surface area contributed by atoms with Crippen LogP contribution in [0, 0.1) is 11.6 Å². The summed E-state index contributed by atoms with van der Waals surface area (Å²) in [6.07, 6.45) is 0.378. The van der Waals surface area contributed by atoms with Gasteiger partial charge in [0.25, 0.3) is 5.91 Å². The quantitative estimate of drug-likeness (QED) is 0.486. The minimum atomic E-state index is -0.709. The van der Waals surface area contributed by atoms with E-state index < -0.39 is 11.2 Å². The summed E-state index contributed by atoms with van der Waals surface area (Å²) < 4.78 is 32.2. The highest BCUT2D eigenvalue weighted by Crippen LogP contribution is 2.38. The third kappa shape index (κ3) is 5.54. The number of nitrogens with one attached hydrogen (secondary N) is 1. The lowest BCUT2D eigenvalue weighted by atomic mass is 9.98. The number of hydrogen-bond donors (Lipinski definition) is 1. The molecule has 10 heteroatoms. The zero-order chi connectivity index (χ0) is 25.9. The highest BCUT2D eigenvalue weighted by molar-refractivity contribution is 8.15. The van der Waals surface area contributed by atoms with E-state index in [1.165, 1.54) is 31.4 Å². The Morgan fingerprint density at radius 2 is 1.78 bits per heavy atom. The third-order valence-electron chi connectivity index (χ3n) is 5.99. The van der Waals surface area contributed by atoms with Gasteiger partial charge in [-0.05, 0) is 47.5 Å². The molecular formula is C27H22F2N4O3S. The number of anilines is 1. The second-order valence-electron chi connectivity index (χ2n) is 8.49. The van der Waals surface area contributed by atoms with Crippen LogP contribution in [0.4, 0.5) is 14.5 Å². The van der Waals surface area contributed by atoms with Crippen molar-refractivity contribution < 1.29 is 23.1 Å². The summed E-state index contributed by atoms with van der Waals surface area (Å²) in [5, 5.41) is 8.76.